The number of allylic oxidation sites excluding steroid dienone is 1. The molecule has 0 saturated carbocycles. The molecule has 0 N–H and O–H groups in total. The van der Waals surface area contributed by atoms with Crippen molar-refractivity contribution >= 4 is 39.2 Å². The second kappa shape index (κ2) is 6.01. The van der Waals surface area contributed by atoms with E-state index in [1.165, 1.54) is 12.3 Å². The van der Waals surface area contributed by atoms with Gasteiger partial charge in [-0.15, -0.1) is 0 Å². The van der Waals surface area contributed by atoms with E-state index in [1.807, 2.05) is 6.92 Å². The maximum Gasteiger partial charge on any atom is 0.279 e. The van der Waals surface area contributed by atoms with Gasteiger partial charge in [-0.1, -0.05) is 12.6 Å². The minimum absolute atomic E-state index is 0.0100. The molecule has 0 saturated heterocycles. The molecule has 7 heteroatoms. The lowest BCUT2D eigenvalue weighted by Crippen LogP contribution is -1.95. The Morgan fingerprint density at radius 3 is 2.86 bits per heavy atom. The van der Waals surface area contributed by atoms with E-state index in [-0.39, 0.29) is 5.69 Å². The Balaban J connectivity index is 2.40. The lowest BCUT2D eigenvalue weighted by Gasteiger charge is -1.99. The van der Waals surface area contributed by atoms with E-state index in [0.29, 0.717) is 15.9 Å². The van der Waals surface area contributed by atoms with Gasteiger partial charge in [0.1, 0.15) is 0 Å². The molecule has 0 unspecified atom stereocenters. The maximum atomic E-state index is 11.0. The van der Waals surface area contributed by atoms with Crippen LogP contribution in [-0.2, 0) is 7.05 Å². The zero-order valence-electron chi connectivity index (χ0n) is 11.6. The highest BCUT2D eigenvalue weighted by molar-refractivity contribution is 9.10. The summed E-state index contributed by atoms with van der Waals surface area (Å²) in [5.74, 6) is 0.473. The fourth-order valence-corrected chi connectivity index (χ4v) is 2.32. The van der Waals surface area contributed by atoms with E-state index >= 15 is 0 Å². The molecule has 0 aliphatic carbocycles. The van der Waals surface area contributed by atoms with E-state index < -0.39 is 4.92 Å². The fraction of sp³-hybridized carbons (Fsp3) is 0.143. The van der Waals surface area contributed by atoms with Crippen LogP contribution in [0.5, 0.6) is 0 Å². The fourth-order valence-electron chi connectivity index (χ4n) is 1.86. The Morgan fingerprint density at radius 1 is 1.57 bits per heavy atom. The van der Waals surface area contributed by atoms with Crippen LogP contribution in [0.3, 0.4) is 0 Å². The molecule has 0 radical (unpaired) electrons. The summed E-state index contributed by atoms with van der Waals surface area (Å²) in [6, 6.07) is 6.55. The van der Waals surface area contributed by atoms with Gasteiger partial charge in [-0.25, -0.2) is 4.99 Å². The number of benzene rings is 1. The average molecular weight is 349 g/mol. The number of rotatable bonds is 4. The molecule has 0 aliphatic heterocycles. The van der Waals surface area contributed by atoms with Crippen LogP contribution >= 0.6 is 15.9 Å². The second-order valence-electron chi connectivity index (χ2n) is 4.48. The van der Waals surface area contributed by atoms with Gasteiger partial charge in [0, 0.05) is 29.9 Å². The molecule has 108 valence electrons. The molecule has 2 rings (SSSR count). The summed E-state index contributed by atoms with van der Waals surface area (Å²) in [5, 5.41) is 15.2. The normalized spacial score (nSPS) is 11.0. The first-order chi connectivity index (χ1) is 9.90. The summed E-state index contributed by atoms with van der Waals surface area (Å²) in [5.41, 5.74) is 2.14. The van der Waals surface area contributed by atoms with Crippen molar-refractivity contribution in [2.75, 3.05) is 0 Å². The summed E-state index contributed by atoms with van der Waals surface area (Å²) in [6.07, 6.45) is 1.44. The van der Waals surface area contributed by atoms with Crippen LogP contribution < -0.4 is 0 Å². The third-order valence-electron chi connectivity index (χ3n) is 2.86. The predicted molar refractivity (Wildman–Crippen MR) is 86.0 cm³/mol. The first-order valence-corrected chi connectivity index (χ1v) is 6.86. The van der Waals surface area contributed by atoms with Gasteiger partial charge in [-0.3, -0.25) is 14.8 Å². The van der Waals surface area contributed by atoms with Crippen molar-refractivity contribution in [2.24, 2.45) is 12.0 Å². The predicted octanol–water partition coefficient (Wildman–Crippen LogP) is 3.87. The van der Waals surface area contributed by atoms with Gasteiger partial charge in [0.25, 0.3) is 5.69 Å². The molecule has 0 amide bonds. The molecule has 1 aromatic heterocycles. The Bertz CT molecular complexity index is 749. The van der Waals surface area contributed by atoms with Gasteiger partial charge in [-0.2, -0.15) is 5.10 Å². The van der Waals surface area contributed by atoms with Crippen molar-refractivity contribution in [3.05, 3.63) is 56.7 Å². The Morgan fingerprint density at radius 2 is 2.29 bits per heavy atom. The van der Waals surface area contributed by atoms with E-state index in [1.54, 1.807) is 29.9 Å². The van der Waals surface area contributed by atoms with Crippen LogP contribution in [0.25, 0.3) is 5.57 Å². The van der Waals surface area contributed by atoms with Gasteiger partial charge >= 0.3 is 0 Å². The average Bonchev–Trinajstić information content (AvgIpc) is 2.78. The number of aliphatic imine (C=N–C) groups is 1. The molecule has 0 bridgehead atoms. The molecule has 2 aromatic rings. The van der Waals surface area contributed by atoms with Crippen molar-refractivity contribution in [3.8, 4) is 0 Å². The molecule has 1 aromatic carbocycles. The van der Waals surface area contributed by atoms with Gasteiger partial charge < -0.3 is 0 Å². The number of halogens is 1. The highest BCUT2D eigenvalue weighted by Crippen LogP contribution is 2.26. The Kier molecular flexibility index (Phi) is 4.32. The van der Waals surface area contributed by atoms with Gasteiger partial charge in [0.2, 0.25) is 0 Å². The van der Waals surface area contributed by atoms with Crippen LogP contribution in [0.15, 0.2) is 40.3 Å². The molecule has 1 heterocycles. The topological polar surface area (TPSA) is 73.3 Å². The molecule has 21 heavy (non-hydrogen) atoms. The van der Waals surface area contributed by atoms with E-state index in [2.05, 4.69) is 32.6 Å². The summed E-state index contributed by atoms with van der Waals surface area (Å²) in [4.78, 5) is 14.8. The van der Waals surface area contributed by atoms with Crippen molar-refractivity contribution in [1.29, 1.82) is 0 Å². The molecule has 0 spiro atoms. The number of aromatic nitrogens is 2. The van der Waals surface area contributed by atoms with Gasteiger partial charge in [0.15, 0.2) is 5.82 Å². The monoisotopic (exact) mass is 348 g/mol. The molecule has 0 aliphatic rings. The molecule has 0 fully saturated rings. The Labute approximate surface area is 130 Å². The summed E-state index contributed by atoms with van der Waals surface area (Å²) < 4.78 is 2.28. The first-order valence-electron chi connectivity index (χ1n) is 6.07. The number of hydrogen-bond donors (Lipinski definition) is 0. The van der Waals surface area contributed by atoms with Crippen LogP contribution in [0, 0.1) is 10.1 Å². The van der Waals surface area contributed by atoms with Crippen molar-refractivity contribution in [3.63, 3.8) is 0 Å². The maximum absolute atomic E-state index is 11.0. The largest absolute Gasteiger partial charge is 0.279 e. The highest BCUT2D eigenvalue weighted by atomic mass is 79.9. The number of nitro groups is 1. The van der Waals surface area contributed by atoms with Crippen molar-refractivity contribution in [1.82, 2.24) is 9.78 Å². The number of nitro benzene ring substituents is 1. The highest BCUT2D eigenvalue weighted by Gasteiger charge is 2.14. The zero-order chi connectivity index (χ0) is 15.6. The van der Waals surface area contributed by atoms with Crippen LogP contribution in [0.4, 0.5) is 11.5 Å². The number of hydrogen-bond acceptors (Lipinski definition) is 4. The van der Waals surface area contributed by atoms with E-state index in [4.69, 9.17) is 0 Å². The molecule has 0 atom stereocenters. The van der Waals surface area contributed by atoms with Crippen LogP contribution in [0.1, 0.15) is 18.2 Å². The summed E-state index contributed by atoms with van der Waals surface area (Å²) in [7, 11) is 1.80. The summed E-state index contributed by atoms with van der Waals surface area (Å²) in [6.45, 7) is 5.74. The van der Waals surface area contributed by atoms with Gasteiger partial charge in [0.05, 0.1) is 16.2 Å². The third kappa shape index (κ3) is 3.25. The molecule has 6 nitrogen and oxygen atoms in total. The molecular formula is C14H13BrN4O2. The van der Waals surface area contributed by atoms with Crippen LogP contribution in [-0.4, -0.2) is 20.9 Å². The smallest absolute Gasteiger partial charge is 0.266 e. The minimum atomic E-state index is -0.441. The van der Waals surface area contributed by atoms with Crippen molar-refractivity contribution < 1.29 is 4.92 Å². The standard InChI is InChI=1S/C14H13BrN4O2/c1-9(2)13-7-14(17-18(13)3)16-8-10-11(15)5-4-6-12(10)19(20)21/h4-8H,1H2,2-3H3/b16-8+. The van der Waals surface area contributed by atoms with E-state index in [9.17, 15) is 10.1 Å². The van der Waals surface area contributed by atoms with Crippen LogP contribution in [0.2, 0.25) is 0 Å². The molecular weight excluding hydrogens is 336 g/mol. The second-order valence-corrected chi connectivity index (χ2v) is 5.33. The minimum Gasteiger partial charge on any atom is -0.266 e. The number of nitrogens with zero attached hydrogens (tertiary/aromatic N) is 4. The number of aryl methyl sites for hydroxylation is 1. The zero-order valence-corrected chi connectivity index (χ0v) is 13.2. The van der Waals surface area contributed by atoms with Gasteiger partial charge in [-0.05, 0) is 34.5 Å². The lowest BCUT2D eigenvalue weighted by atomic mass is 10.2. The summed E-state index contributed by atoms with van der Waals surface area (Å²) >= 11 is 3.30. The third-order valence-corrected chi connectivity index (χ3v) is 3.55. The lowest BCUT2D eigenvalue weighted by molar-refractivity contribution is -0.385. The first kappa shape index (κ1) is 15.1. The van der Waals surface area contributed by atoms with E-state index in [0.717, 1.165) is 11.3 Å². The SMILES string of the molecule is C=C(C)c1cc(/N=C/c2c(Br)cccc2[N+](=O)[O-])nn1C. The van der Waals surface area contributed by atoms with Crippen molar-refractivity contribution in [2.45, 2.75) is 6.92 Å². The Hall–Kier alpha value is -2.28. The quantitative estimate of drug-likeness (QED) is 0.478.